The summed E-state index contributed by atoms with van der Waals surface area (Å²) in [6.07, 6.45) is 5.63. The lowest BCUT2D eigenvalue weighted by Crippen LogP contribution is -2.57. The Kier molecular flexibility index (Phi) is 4.42. The van der Waals surface area contributed by atoms with E-state index in [0.717, 1.165) is 38.5 Å². The highest BCUT2D eigenvalue weighted by Gasteiger charge is 2.37. The second kappa shape index (κ2) is 6.06. The van der Waals surface area contributed by atoms with Gasteiger partial charge >= 0.3 is 0 Å². The fourth-order valence-electron chi connectivity index (χ4n) is 2.56. The Morgan fingerprint density at radius 2 is 2.05 bits per heavy atom. The van der Waals surface area contributed by atoms with Crippen LogP contribution in [0.25, 0.3) is 0 Å². The summed E-state index contributed by atoms with van der Waals surface area (Å²) in [5.74, 6) is -0.0391. The number of oxime groups is 1. The molecule has 0 radical (unpaired) electrons. The van der Waals surface area contributed by atoms with E-state index in [1.807, 2.05) is 11.4 Å². The van der Waals surface area contributed by atoms with Crippen LogP contribution in [-0.2, 0) is 0 Å². The van der Waals surface area contributed by atoms with Crippen LogP contribution in [-0.4, -0.2) is 22.5 Å². The first kappa shape index (κ1) is 13.9. The maximum Gasteiger partial charge on any atom is 0.262 e. The molecular weight excluding hydrogens is 262 g/mol. The number of nitrogens with two attached hydrogens (primary N) is 1. The molecule has 1 amide bonds. The van der Waals surface area contributed by atoms with Crippen molar-refractivity contribution in [2.45, 2.75) is 44.1 Å². The Labute approximate surface area is 116 Å². The van der Waals surface area contributed by atoms with E-state index >= 15 is 0 Å². The third kappa shape index (κ3) is 3.07. The van der Waals surface area contributed by atoms with Gasteiger partial charge in [-0.1, -0.05) is 36.9 Å². The summed E-state index contributed by atoms with van der Waals surface area (Å²) in [6.45, 7) is 0. The molecule has 1 aliphatic carbocycles. The average molecular weight is 281 g/mol. The molecule has 19 heavy (non-hydrogen) atoms. The van der Waals surface area contributed by atoms with Crippen molar-refractivity contribution in [1.82, 2.24) is 5.32 Å². The van der Waals surface area contributed by atoms with Crippen molar-refractivity contribution in [2.75, 3.05) is 0 Å². The third-order valence-electron chi connectivity index (χ3n) is 3.65. The Morgan fingerprint density at radius 1 is 1.37 bits per heavy atom. The highest BCUT2D eigenvalue weighted by atomic mass is 32.1. The molecule has 1 aromatic rings. The summed E-state index contributed by atoms with van der Waals surface area (Å²) < 4.78 is 0. The van der Waals surface area contributed by atoms with Crippen LogP contribution in [0.3, 0.4) is 0 Å². The van der Waals surface area contributed by atoms with Gasteiger partial charge in [0.1, 0.15) is 5.54 Å². The number of nitrogens with zero attached hydrogens (tertiary/aromatic N) is 1. The second-order valence-electron chi connectivity index (χ2n) is 4.91. The Bertz CT molecular complexity index is 448. The molecule has 0 atom stereocenters. The molecule has 6 heteroatoms. The zero-order valence-electron chi connectivity index (χ0n) is 10.8. The number of amides is 1. The molecule has 0 aromatic carbocycles. The summed E-state index contributed by atoms with van der Waals surface area (Å²) in [5, 5.41) is 17.0. The fraction of sp³-hybridized carbons (Fsp3) is 0.538. The first-order valence-electron chi connectivity index (χ1n) is 6.52. The van der Waals surface area contributed by atoms with Crippen LogP contribution < -0.4 is 11.1 Å². The molecule has 0 bridgehead atoms. The minimum absolute atomic E-state index is 0.110. The minimum Gasteiger partial charge on any atom is -0.409 e. The molecule has 4 N–H and O–H groups in total. The van der Waals surface area contributed by atoms with Crippen LogP contribution >= 0.6 is 11.3 Å². The number of carbonyl (C=O) groups is 1. The average Bonchev–Trinajstić information content (AvgIpc) is 2.86. The van der Waals surface area contributed by atoms with Gasteiger partial charge in [-0.2, -0.15) is 0 Å². The fourth-order valence-corrected chi connectivity index (χ4v) is 3.18. The second-order valence-corrected chi connectivity index (χ2v) is 5.86. The number of rotatable bonds is 3. The van der Waals surface area contributed by atoms with Crippen LogP contribution in [0.5, 0.6) is 0 Å². The normalized spacial score (nSPS) is 19.7. The minimum atomic E-state index is -0.702. The topological polar surface area (TPSA) is 87.7 Å². The summed E-state index contributed by atoms with van der Waals surface area (Å²) in [6, 6.07) is 3.61. The number of carbonyl (C=O) groups excluding carboxylic acids is 1. The van der Waals surface area contributed by atoms with Gasteiger partial charge in [-0.25, -0.2) is 0 Å². The van der Waals surface area contributed by atoms with Gasteiger partial charge in [0, 0.05) is 0 Å². The lowest BCUT2D eigenvalue weighted by Gasteiger charge is -2.32. The molecule has 1 heterocycles. The van der Waals surface area contributed by atoms with E-state index in [0.29, 0.717) is 4.88 Å². The standard InChI is InChI=1S/C13H19N3O2S/c14-12(16-18)13(7-3-1-2-4-8-13)15-11(17)10-6-5-9-19-10/h5-6,9,18H,1-4,7-8H2,(H2,14,16)(H,15,17). The molecule has 1 fully saturated rings. The van der Waals surface area contributed by atoms with E-state index in [1.165, 1.54) is 11.3 Å². The Hall–Kier alpha value is -1.56. The summed E-state index contributed by atoms with van der Waals surface area (Å²) in [7, 11) is 0. The van der Waals surface area contributed by atoms with Gasteiger partial charge < -0.3 is 16.3 Å². The molecule has 1 aliphatic rings. The number of amidine groups is 1. The van der Waals surface area contributed by atoms with Gasteiger partial charge in [-0.3, -0.25) is 4.79 Å². The van der Waals surface area contributed by atoms with Crippen molar-refractivity contribution < 1.29 is 10.0 Å². The zero-order valence-corrected chi connectivity index (χ0v) is 11.6. The highest BCUT2D eigenvalue weighted by Crippen LogP contribution is 2.28. The number of nitrogens with one attached hydrogen (secondary N) is 1. The van der Waals surface area contributed by atoms with Crippen LogP contribution in [0.15, 0.2) is 22.7 Å². The van der Waals surface area contributed by atoms with E-state index < -0.39 is 5.54 Å². The van der Waals surface area contributed by atoms with E-state index in [9.17, 15) is 4.79 Å². The van der Waals surface area contributed by atoms with Crippen molar-refractivity contribution in [2.24, 2.45) is 10.9 Å². The van der Waals surface area contributed by atoms with Crippen LogP contribution in [0, 0.1) is 0 Å². The van der Waals surface area contributed by atoms with Crippen molar-refractivity contribution >= 4 is 23.1 Å². The SMILES string of the molecule is N/C(=N/O)C1(NC(=O)c2cccs2)CCCCCC1. The summed E-state index contributed by atoms with van der Waals surface area (Å²) in [4.78, 5) is 12.9. The monoisotopic (exact) mass is 281 g/mol. The third-order valence-corrected chi connectivity index (χ3v) is 4.52. The molecule has 1 aromatic heterocycles. The quantitative estimate of drug-likeness (QED) is 0.261. The predicted octanol–water partition coefficient (Wildman–Crippen LogP) is 2.32. The van der Waals surface area contributed by atoms with Crippen molar-refractivity contribution in [3.8, 4) is 0 Å². The lowest BCUT2D eigenvalue weighted by atomic mass is 9.88. The molecule has 0 unspecified atom stereocenters. The van der Waals surface area contributed by atoms with E-state index in [2.05, 4.69) is 10.5 Å². The van der Waals surface area contributed by atoms with E-state index in [1.54, 1.807) is 6.07 Å². The van der Waals surface area contributed by atoms with Gasteiger partial charge in [0.05, 0.1) is 4.88 Å². The molecule has 0 aliphatic heterocycles. The molecule has 2 rings (SSSR count). The summed E-state index contributed by atoms with van der Waals surface area (Å²) >= 11 is 1.39. The van der Waals surface area contributed by atoms with E-state index in [4.69, 9.17) is 10.9 Å². The Balaban J connectivity index is 2.20. The first-order valence-corrected chi connectivity index (χ1v) is 7.40. The largest absolute Gasteiger partial charge is 0.409 e. The van der Waals surface area contributed by atoms with Gasteiger partial charge in [0.2, 0.25) is 0 Å². The molecule has 0 saturated heterocycles. The molecule has 104 valence electrons. The van der Waals surface area contributed by atoms with Gasteiger partial charge in [-0.15, -0.1) is 11.3 Å². The molecule has 0 spiro atoms. The van der Waals surface area contributed by atoms with Crippen LogP contribution in [0.2, 0.25) is 0 Å². The molecule has 1 saturated carbocycles. The van der Waals surface area contributed by atoms with Crippen molar-refractivity contribution in [1.29, 1.82) is 0 Å². The van der Waals surface area contributed by atoms with Gasteiger partial charge in [0.25, 0.3) is 5.91 Å². The molecular formula is C13H19N3O2S. The summed E-state index contributed by atoms with van der Waals surface area (Å²) in [5.41, 5.74) is 5.14. The first-order chi connectivity index (χ1) is 9.18. The zero-order chi connectivity index (χ0) is 13.7. The van der Waals surface area contributed by atoms with Gasteiger partial charge in [0.15, 0.2) is 5.84 Å². The van der Waals surface area contributed by atoms with Crippen LogP contribution in [0.4, 0.5) is 0 Å². The highest BCUT2D eigenvalue weighted by molar-refractivity contribution is 7.12. The maximum absolute atomic E-state index is 12.2. The van der Waals surface area contributed by atoms with E-state index in [-0.39, 0.29) is 11.7 Å². The van der Waals surface area contributed by atoms with Crippen molar-refractivity contribution in [3.63, 3.8) is 0 Å². The number of hydrogen-bond acceptors (Lipinski definition) is 4. The molecule has 5 nitrogen and oxygen atoms in total. The van der Waals surface area contributed by atoms with Crippen LogP contribution in [0.1, 0.15) is 48.2 Å². The lowest BCUT2D eigenvalue weighted by molar-refractivity contribution is 0.0919. The Morgan fingerprint density at radius 3 is 2.58 bits per heavy atom. The van der Waals surface area contributed by atoms with Gasteiger partial charge in [-0.05, 0) is 24.3 Å². The van der Waals surface area contributed by atoms with Crippen molar-refractivity contribution in [3.05, 3.63) is 22.4 Å². The number of thiophene rings is 1. The smallest absolute Gasteiger partial charge is 0.262 e. The number of hydrogen-bond donors (Lipinski definition) is 3. The maximum atomic E-state index is 12.2. The predicted molar refractivity (Wildman–Crippen MR) is 75.6 cm³/mol.